The molecular formula is C9H18O3. The largest absolute Gasteiger partial charge is 0.396 e. The van der Waals surface area contributed by atoms with Crippen LogP contribution < -0.4 is 0 Å². The number of ether oxygens (including phenoxy) is 2. The number of hydrogen-bond donors (Lipinski definition) is 1. The van der Waals surface area contributed by atoms with E-state index in [1.54, 1.807) is 0 Å². The SMILES string of the molecule is CC1(C)OC(CCO)C(C)(C)O1. The van der Waals surface area contributed by atoms with Gasteiger partial charge in [0.2, 0.25) is 0 Å². The molecule has 1 saturated heterocycles. The van der Waals surface area contributed by atoms with E-state index in [-0.39, 0.29) is 18.3 Å². The van der Waals surface area contributed by atoms with Gasteiger partial charge in [-0.3, -0.25) is 0 Å². The molecule has 0 aliphatic carbocycles. The van der Waals surface area contributed by atoms with Crippen molar-refractivity contribution in [1.29, 1.82) is 0 Å². The van der Waals surface area contributed by atoms with Crippen molar-refractivity contribution < 1.29 is 14.6 Å². The Morgan fingerprint density at radius 3 is 2.17 bits per heavy atom. The van der Waals surface area contributed by atoms with Crippen molar-refractivity contribution in [2.45, 2.75) is 51.6 Å². The first-order valence-electron chi connectivity index (χ1n) is 4.36. The van der Waals surface area contributed by atoms with Crippen LogP contribution in [0.15, 0.2) is 0 Å². The van der Waals surface area contributed by atoms with E-state index in [1.807, 2.05) is 27.7 Å². The van der Waals surface area contributed by atoms with Gasteiger partial charge >= 0.3 is 0 Å². The van der Waals surface area contributed by atoms with Crippen molar-refractivity contribution in [3.8, 4) is 0 Å². The van der Waals surface area contributed by atoms with E-state index < -0.39 is 5.79 Å². The van der Waals surface area contributed by atoms with Crippen molar-refractivity contribution in [3.63, 3.8) is 0 Å². The molecule has 1 aliphatic rings. The quantitative estimate of drug-likeness (QED) is 0.685. The second-order valence-electron chi connectivity index (χ2n) is 4.22. The summed E-state index contributed by atoms with van der Waals surface area (Å²) in [5.74, 6) is -0.511. The zero-order valence-electron chi connectivity index (χ0n) is 8.26. The minimum Gasteiger partial charge on any atom is -0.396 e. The summed E-state index contributed by atoms with van der Waals surface area (Å²) in [6, 6.07) is 0. The van der Waals surface area contributed by atoms with Crippen LogP contribution in [-0.4, -0.2) is 29.2 Å². The van der Waals surface area contributed by atoms with Gasteiger partial charge in [-0.15, -0.1) is 0 Å². The molecule has 12 heavy (non-hydrogen) atoms. The lowest BCUT2D eigenvalue weighted by atomic mass is 10.00. The van der Waals surface area contributed by atoms with Crippen LogP contribution in [-0.2, 0) is 9.47 Å². The van der Waals surface area contributed by atoms with E-state index >= 15 is 0 Å². The van der Waals surface area contributed by atoms with Crippen LogP contribution >= 0.6 is 0 Å². The van der Waals surface area contributed by atoms with Gasteiger partial charge in [-0.05, 0) is 34.1 Å². The molecule has 0 amide bonds. The molecular weight excluding hydrogens is 156 g/mol. The Bertz CT molecular complexity index is 163. The maximum atomic E-state index is 8.79. The van der Waals surface area contributed by atoms with Crippen LogP contribution in [0.4, 0.5) is 0 Å². The molecule has 0 saturated carbocycles. The maximum absolute atomic E-state index is 8.79. The molecule has 1 N–H and O–H groups in total. The maximum Gasteiger partial charge on any atom is 0.164 e. The van der Waals surface area contributed by atoms with E-state index in [4.69, 9.17) is 14.6 Å². The fraction of sp³-hybridized carbons (Fsp3) is 1.00. The predicted molar refractivity (Wildman–Crippen MR) is 45.8 cm³/mol. The molecule has 1 rings (SSSR count). The summed E-state index contributed by atoms with van der Waals surface area (Å²) in [6.07, 6.45) is 0.633. The van der Waals surface area contributed by atoms with Crippen LogP contribution in [0.3, 0.4) is 0 Å². The number of hydrogen-bond acceptors (Lipinski definition) is 3. The highest BCUT2D eigenvalue weighted by Gasteiger charge is 2.46. The zero-order valence-corrected chi connectivity index (χ0v) is 8.26. The van der Waals surface area contributed by atoms with Crippen LogP contribution in [0.1, 0.15) is 34.1 Å². The minimum atomic E-state index is -0.511. The molecule has 0 radical (unpaired) electrons. The Kier molecular flexibility index (Phi) is 2.47. The van der Waals surface area contributed by atoms with E-state index in [0.29, 0.717) is 6.42 Å². The first-order valence-corrected chi connectivity index (χ1v) is 4.36. The lowest BCUT2D eigenvalue weighted by Crippen LogP contribution is -2.33. The Balaban J connectivity index is 2.64. The molecule has 0 aromatic carbocycles. The van der Waals surface area contributed by atoms with Gasteiger partial charge < -0.3 is 14.6 Å². The second kappa shape index (κ2) is 2.98. The number of aliphatic hydroxyl groups excluding tert-OH is 1. The number of aliphatic hydroxyl groups is 1. The van der Waals surface area contributed by atoms with Crippen molar-refractivity contribution >= 4 is 0 Å². The highest BCUT2D eigenvalue weighted by atomic mass is 16.8. The van der Waals surface area contributed by atoms with E-state index in [2.05, 4.69) is 0 Å². The summed E-state index contributed by atoms with van der Waals surface area (Å²) < 4.78 is 11.3. The molecule has 1 atom stereocenters. The summed E-state index contributed by atoms with van der Waals surface area (Å²) in [4.78, 5) is 0. The van der Waals surface area contributed by atoms with Gasteiger partial charge in [0.15, 0.2) is 5.79 Å². The third kappa shape index (κ3) is 1.97. The van der Waals surface area contributed by atoms with E-state index in [9.17, 15) is 0 Å². The first kappa shape index (κ1) is 9.96. The van der Waals surface area contributed by atoms with Crippen LogP contribution in [0, 0.1) is 0 Å². The Hall–Kier alpha value is -0.120. The van der Waals surface area contributed by atoms with Crippen molar-refractivity contribution in [1.82, 2.24) is 0 Å². The van der Waals surface area contributed by atoms with Crippen LogP contribution in [0.25, 0.3) is 0 Å². The summed E-state index contributed by atoms with van der Waals surface area (Å²) >= 11 is 0. The Labute approximate surface area is 73.7 Å². The average molecular weight is 174 g/mol. The highest BCUT2D eigenvalue weighted by molar-refractivity contribution is 4.88. The molecule has 0 aromatic rings. The predicted octanol–water partition coefficient (Wildman–Crippen LogP) is 1.30. The van der Waals surface area contributed by atoms with Crippen LogP contribution in [0.5, 0.6) is 0 Å². The summed E-state index contributed by atoms with van der Waals surface area (Å²) in [6.45, 7) is 7.91. The monoisotopic (exact) mass is 174 g/mol. The fourth-order valence-electron chi connectivity index (χ4n) is 1.73. The first-order chi connectivity index (χ1) is 5.37. The standard InChI is InChI=1S/C9H18O3/c1-8(2)7(5-6-10)11-9(3,4)12-8/h7,10H,5-6H2,1-4H3. The third-order valence-corrected chi connectivity index (χ3v) is 2.10. The lowest BCUT2D eigenvalue weighted by Gasteiger charge is -2.23. The summed E-state index contributed by atoms with van der Waals surface area (Å²) in [5.41, 5.74) is -0.285. The van der Waals surface area contributed by atoms with Gasteiger partial charge in [0, 0.05) is 6.61 Å². The van der Waals surface area contributed by atoms with Gasteiger partial charge in [0.25, 0.3) is 0 Å². The van der Waals surface area contributed by atoms with Gasteiger partial charge in [0.05, 0.1) is 11.7 Å². The second-order valence-corrected chi connectivity index (χ2v) is 4.22. The smallest absolute Gasteiger partial charge is 0.164 e. The molecule has 0 aromatic heterocycles. The molecule has 0 bridgehead atoms. The molecule has 1 fully saturated rings. The van der Waals surface area contributed by atoms with Gasteiger partial charge in [-0.25, -0.2) is 0 Å². The van der Waals surface area contributed by atoms with Crippen molar-refractivity contribution in [3.05, 3.63) is 0 Å². The lowest BCUT2D eigenvalue weighted by molar-refractivity contribution is -0.157. The van der Waals surface area contributed by atoms with Crippen molar-refractivity contribution in [2.24, 2.45) is 0 Å². The zero-order chi connectivity index (χ0) is 9.41. The molecule has 1 aliphatic heterocycles. The van der Waals surface area contributed by atoms with Gasteiger partial charge in [-0.2, -0.15) is 0 Å². The highest BCUT2D eigenvalue weighted by Crippen LogP contribution is 2.37. The van der Waals surface area contributed by atoms with Gasteiger partial charge in [-0.1, -0.05) is 0 Å². The van der Waals surface area contributed by atoms with E-state index in [0.717, 1.165) is 0 Å². The Morgan fingerprint density at radius 2 is 1.83 bits per heavy atom. The fourth-order valence-corrected chi connectivity index (χ4v) is 1.73. The minimum absolute atomic E-state index is 0.00231. The average Bonchev–Trinajstić information content (AvgIpc) is 2.01. The molecule has 1 unspecified atom stereocenters. The molecule has 3 nitrogen and oxygen atoms in total. The Morgan fingerprint density at radius 1 is 1.25 bits per heavy atom. The molecule has 0 spiro atoms. The summed E-state index contributed by atoms with van der Waals surface area (Å²) in [5, 5.41) is 8.79. The molecule has 1 heterocycles. The number of rotatable bonds is 2. The summed E-state index contributed by atoms with van der Waals surface area (Å²) in [7, 11) is 0. The molecule has 3 heteroatoms. The van der Waals surface area contributed by atoms with Crippen LogP contribution in [0.2, 0.25) is 0 Å². The topological polar surface area (TPSA) is 38.7 Å². The molecule has 72 valence electrons. The van der Waals surface area contributed by atoms with Gasteiger partial charge in [0.1, 0.15) is 0 Å². The third-order valence-electron chi connectivity index (χ3n) is 2.10. The van der Waals surface area contributed by atoms with Crippen molar-refractivity contribution in [2.75, 3.05) is 6.61 Å². The normalized spacial score (nSPS) is 32.2. The van der Waals surface area contributed by atoms with E-state index in [1.165, 1.54) is 0 Å².